The molecular weight excluding hydrogens is 508 g/mol. The number of phenolic OH excluding ortho intramolecular Hbond substituents is 4. The van der Waals surface area contributed by atoms with Crippen LogP contribution in [0.15, 0.2) is 35.9 Å². The molecular formula is C25H24O13. The van der Waals surface area contributed by atoms with Gasteiger partial charge in [0, 0.05) is 5.92 Å². The molecule has 0 bridgehead atoms. The maximum atomic E-state index is 13.4. The highest BCUT2D eigenvalue weighted by Gasteiger charge is 2.46. The zero-order chi connectivity index (χ0) is 27.9. The molecule has 1 saturated heterocycles. The number of carbonyl (C=O) groups excluding carboxylic acids is 1. The normalized spacial score (nSPS) is 26.6. The number of hydrogen-bond donors (Lipinski definition) is 8. The summed E-state index contributed by atoms with van der Waals surface area (Å²) in [6.07, 6.45) is -5.84. The molecule has 13 nitrogen and oxygen atoms in total. The molecule has 1 heterocycles. The summed E-state index contributed by atoms with van der Waals surface area (Å²) < 4.78 is 10.6. The standard InChI is InChI=1S/C25H24O13/c26-13-2-1-9(4-14(13)27)20-11-6-16(29)15(28)5-10(11)3-12(21(20)24(34)35)25(36)38-23-18(7-19(31)32)37-8-17(30)22(23)33/h1-6,17-18,20-23,26-30,33H,7-8H2,(H,31,32)(H,34,35)/t17-,18-,20+,21+,22-,23-/m0/s1. The van der Waals surface area contributed by atoms with E-state index in [1.165, 1.54) is 6.07 Å². The van der Waals surface area contributed by atoms with Gasteiger partial charge in [-0.25, -0.2) is 4.79 Å². The predicted molar refractivity (Wildman–Crippen MR) is 124 cm³/mol. The molecule has 6 atom stereocenters. The van der Waals surface area contributed by atoms with Crippen LogP contribution in [0.3, 0.4) is 0 Å². The largest absolute Gasteiger partial charge is 0.504 e. The molecule has 2 aliphatic rings. The zero-order valence-electron chi connectivity index (χ0n) is 19.5. The van der Waals surface area contributed by atoms with Crippen LogP contribution in [0.25, 0.3) is 6.08 Å². The number of rotatable bonds is 6. The van der Waals surface area contributed by atoms with Gasteiger partial charge in [0.1, 0.15) is 18.3 Å². The number of aliphatic hydroxyl groups is 2. The van der Waals surface area contributed by atoms with Crippen molar-refractivity contribution < 1.29 is 64.7 Å². The first-order valence-corrected chi connectivity index (χ1v) is 11.3. The Morgan fingerprint density at radius 2 is 1.58 bits per heavy atom. The van der Waals surface area contributed by atoms with Gasteiger partial charge in [0.05, 0.1) is 24.5 Å². The van der Waals surface area contributed by atoms with Crippen LogP contribution in [0.1, 0.15) is 29.0 Å². The molecule has 0 amide bonds. The van der Waals surface area contributed by atoms with E-state index in [0.717, 1.165) is 30.3 Å². The molecule has 38 heavy (non-hydrogen) atoms. The molecule has 0 aromatic heterocycles. The van der Waals surface area contributed by atoms with Crippen LogP contribution in [0.2, 0.25) is 0 Å². The van der Waals surface area contributed by atoms with E-state index in [4.69, 9.17) is 14.6 Å². The Labute approximate surface area is 214 Å². The maximum absolute atomic E-state index is 13.4. The Kier molecular flexibility index (Phi) is 7.18. The number of ether oxygens (including phenoxy) is 2. The minimum atomic E-state index is -1.73. The van der Waals surface area contributed by atoms with Gasteiger partial charge in [-0.3, -0.25) is 9.59 Å². The van der Waals surface area contributed by atoms with Crippen molar-refractivity contribution in [2.45, 2.75) is 36.8 Å². The average Bonchev–Trinajstić information content (AvgIpc) is 2.84. The third-order valence-corrected chi connectivity index (χ3v) is 6.55. The number of fused-ring (bicyclic) bond motifs is 1. The third kappa shape index (κ3) is 4.94. The SMILES string of the molecule is O=C(O)C[C@@H]1OC[C@H](O)[C@H](O)[C@H]1OC(=O)C1=Cc2cc(O)c(O)cc2[C@@H](c2ccc(O)c(O)c2)[C@@H]1C(=O)O. The minimum absolute atomic E-state index is 0.116. The topological polar surface area (TPSA) is 232 Å². The van der Waals surface area contributed by atoms with Crippen LogP contribution in [0, 0.1) is 5.92 Å². The van der Waals surface area contributed by atoms with E-state index in [-0.39, 0.29) is 16.7 Å². The third-order valence-electron chi connectivity index (χ3n) is 6.55. The van der Waals surface area contributed by atoms with E-state index in [9.17, 15) is 50.1 Å². The molecule has 13 heteroatoms. The fourth-order valence-electron chi connectivity index (χ4n) is 4.73. The number of benzene rings is 2. The van der Waals surface area contributed by atoms with Crippen molar-refractivity contribution in [3.05, 3.63) is 52.6 Å². The van der Waals surface area contributed by atoms with Crippen LogP contribution in [-0.2, 0) is 23.9 Å². The van der Waals surface area contributed by atoms with Gasteiger partial charge in [0.2, 0.25) is 0 Å². The second kappa shape index (κ2) is 10.2. The molecule has 1 fully saturated rings. The summed E-state index contributed by atoms with van der Waals surface area (Å²) in [6, 6.07) is 5.67. The monoisotopic (exact) mass is 532 g/mol. The highest BCUT2D eigenvalue weighted by Crippen LogP contribution is 2.47. The summed E-state index contributed by atoms with van der Waals surface area (Å²) in [7, 11) is 0. The number of aliphatic carboxylic acids is 2. The van der Waals surface area contributed by atoms with Crippen LogP contribution in [-0.4, -0.2) is 89.8 Å². The Hall–Kier alpha value is -4.33. The van der Waals surface area contributed by atoms with E-state index in [0.29, 0.717) is 0 Å². The van der Waals surface area contributed by atoms with Crippen LogP contribution in [0.4, 0.5) is 0 Å². The first-order chi connectivity index (χ1) is 17.9. The molecule has 2 aromatic carbocycles. The minimum Gasteiger partial charge on any atom is -0.504 e. The number of aliphatic hydroxyl groups excluding tert-OH is 2. The molecule has 1 aliphatic carbocycles. The number of phenols is 4. The van der Waals surface area contributed by atoms with Crippen molar-refractivity contribution in [2.75, 3.05) is 6.61 Å². The van der Waals surface area contributed by atoms with E-state index in [1.54, 1.807) is 0 Å². The zero-order valence-corrected chi connectivity index (χ0v) is 19.5. The Balaban J connectivity index is 1.81. The van der Waals surface area contributed by atoms with Crippen LogP contribution >= 0.6 is 0 Å². The van der Waals surface area contributed by atoms with Crippen molar-refractivity contribution in [3.63, 3.8) is 0 Å². The number of carboxylic acids is 2. The summed E-state index contributed by atoms with van der Waals surface area (Å²) in [4.78, 5) is 37.1. The molecule has 0 saturated carbocycles. The molecule has 1 aliphatic heterocycles. The predicted octanol–water partition coefficient (Wildman–Crippen LogP) is 0.246. The van der Waals surface area contributed by atoms with Gasteiger partial charge < -0.3 is 50.3 Å². The molecule has 4 rings (SSSR count). The van der Waals surface area contributed by atoms with Crippen LogP contribution in [0.5, 0.6) is 23.0 Å². The lowest BCUT2D eigenvalue weighted by molar-refractivity contribution is -0.208. The van der Waals surface area contributed by atoms with Gasteiger partial charge >= 0.3 is 17.9 Å². The van der Waals surface area contributed by atoms with Crippen molar-refractivity contribution in [2.24, 2.45) is 5.92 Å². The van der Waals surface area contributed by atoms with E-state index in [2.05, 4.69) is 0 Å². The molecule has 2 aromatic rings. The first kappa shape index (κ1) is 26.7. The number of esters is 1. The number of hydrogen-bond acceptors (Lipinski definition) is 11. The van der Waals surface area contributed by atoms with E-state index in [1.807, 2.05) is 0 Å². The lowest BCUT2D eigenvalue weighted by atomic mass is 9.71. The van der Waals surface area contributed by atoms with Gasteiger partial charge in [-0.15, -0.1) is 0 Å². The lowest BCUT2D eigenvalue weighted by Gasteiger charge is -2.38. The summed E-state index contributed by atoms with van der Waals surface area (Å²) >= 11 is 0. The van der Waals surface area contributed by atoms with Crippen LogP contribution < -0.4 is 0 Å². The summed E-state index contributed by atoms with van der Waals surface area (Å²) in [6.45, 7) is -0.420. The van der Waals surface area contributed by atoms with E-state index >= 15 is 0 Å². The highest BCUT2D eigenvalue weighted by molar-refractivity contribution is 6.02. The van der Waals surface area contributed by atoms with Crippen molar-refractivity contribution in [1.82, 2.24) is 0 Å². The van der Waals surface area contributed by atoms with Gasteiger partial charge in [0.25, 0.3) is 0 Å². The Morgan fingerprint density at radius 3 is 2.21 bits per heavy atom. The van der Waals surface area contributed by atoms with Gasteiger partial charge in [-0.1, -0.05) is 6.07 Å². The quantitative estimate of drug-likeness (QED) is 0.184. The Morgan fingerprint density at radius 1 is 0.921 bits per heavy atom. The summed E-state index contributed by atoms with van der Waals surface area (Å²) in [5, 5.41) is 79.6. The van der Waals surface area contributed by atoms with Crippen molar-refractivity contribution in [3.8, 4) is 23.0 Å². The molecule has 8 N–H and O–H groups in total. The summed E-state index contributed by atoms with van der Waals surface area (Å²) in [5.74, 6) is -9.31. The number of carbonyl (C=O) groups is 3. The fraction of sp³-hybridized carbons (Fsp3) is 0.320. The van der Waals surface area contributed by atoms with Gasteiger partial charge in [0.15, 0.2) is 29.1 Å². The maximum Gasteiger partial charge on any atom is 0.335 e. The van der Waals surface area contributed by atoms with E-state index < -0.39 is 95.8 Å². The average molecular weight is 532 g/mol. The van der Waals surface area contributed by atoms with Gasteiger partial charge in [-0.05, 0) is 47.0 Å². The molecule has 0 spiro atoms. The summed E-state index contributed by atoms with van der Waals surface area (Å²) in [5.41, 5.74) is -0.0777. The first-order valence-electron chi connectivity index (χ1n) is 11.3. The molecule has 0 radical (unpaired) electrons. The lowest BCUT2D eigenvalue weighted by Crippen LogP contribution is -2.55. The second-order valence-electron chi connectivity index (χ2n) is 9.01. The van der Waals surface area contributed by atoms with Crippen molar-refractivity contribution >= 4 is 24.0 Å². The van der Waals surface area contributed by atoms with Crippen molar-refractivity contribution in [1.29, 1.82) is 0 Å². The molecule has 0 unspecified atom stereocenters. The molecule has 202 valence electrons. The number of aromatic hydroxyl groups is 4. The smallest absolute Gasteiger partial charge is 0.335 e. The number of carboxylic acid groups (broad SMARTS) is 2. The van der Waals surface area contributed by atoms with Gasteiger partial charge in [-0.2, -0.15) is 0 Å². The fourth-order valence-corrected chi connectivity index (χ4v) is 4.73. The highest BCUT2D eigenvalue weighted by atomic mass is 16.6. The second-order valence-corrected chi connectivity index (χ2v) is 9.01. The Bertz CT molecular complexity index is 1320.